The number of carbonyl (C=O) groups is 10. The van der Waals surface area contributed by atoms with Crippen molar-refractivity contribution in [2.75, 3.05) is 18.6 Å². The van der Waals surface area contributed by atoms with Crippen LogP contribution in [-0.4, -0.2) is 152 Å². The van der Waals surface area contributed by atoms with Crippen molar-refractivity contribution < 1.29 is 53.1 Å². The van der Waals surface area contributed by atoms with Gasteiger partial charge in [-0.25, -0.2) is 4.98 Å². The number of amides is 10. The molecular weight excluding hydrogens is 969 g/mol. The van der Waals surface area contributed by atoms with Crippen LogP contribution in [0.15, 0.2) is 43.0 Å². The van der Waals surface area contributed by atoms with E-state index in [0.717, 1.165) is 10.9 Å². The maximum atomic E-state index is 14.0. The summed E-state index contributed by atoms with van der Waals surface area (Å²) >= 11 is 1.46. The molecule has 0 fully saturated rings. The monoisotopic (exact) mass is 1040 g/mol. The fourth-order valence-corrected chi connectivity index (χ4v) is 7.83. The normalized spacial score (nSPS) is 15.0. The molecule has 402 valence electrons. The number of thioether (sulfide) groups is 1. The molecule has 2 heterocycles. The molecule has 9 atom stereocenters. The van der Waals surface area contributed by atoms with Crippen LogP contribution in [0, 0.1) is 11.8 Å². The molecule has 0 radical (unpaired) electrons. The van der Waals surface area contributed by atoms with E-state index in [-0.39, 0.29) is 44.4 Å². The first-order chi connectivity index (χ1) is 34.4. The molecule has 0 saturated carbocycles. The Hall–Kier alpha value is -7.06. The molecule has 2 aromatic heterocycles. The highest BCUT2D eigenvalue weighted by Gasteiger charge is 2.34. The zero-order chi connectivity index (χ0) is 54.5. The number of para-hydroxylation sites is 1. The standard InChI is InChI=1S/C47H72N14O11S/c1-23(2)16-33(44(69)57-31(40(50)65)14-15-73-7)59-45(70)35(18-28-20-51-22-54-28)56-37(64)21-53-47(72)39(24(3)4)61-41(66)25(5)55-43(68)34(17-27-19-52-30-11-9-8-10-29(27)30)60-42(67)32(12-13-36(48)63)58-46(71)38(49)26(6)62/h8-11,19-20,22-26,31-35,38-39,52,62H,12-18,21,49H2,1-7H3,(H2,48,63)(H2,50,65)(H,51,54)(H,53,72)(H,55,68)(H,56,64)(H,57,69)(H,58,71)(H,59,70)(H,60,67)(H,61,66)/t25-,26+,31-,32-,33-,34-,35-,38-,39-/m0/s1. The third kappa shape index (κ3) is 19.8. The number of aromatic nitrogens is 3. The van der Waals surface area contributed by atoms with E-state index in [1.807, 2.05) is 20.1 Å². The van der Waals surface area contributed by atoms with Gasteiger partial charge in [0.1, 0.15) is 48.3 Å². The number of fused-ring (bicyclic) bond motifs is 1. The Labute approximate surface area is 427 Å². The van der Waals surface area contributed by atoms with Crippen molar-refractivity contribution >= 4 is 81.7 Å². The van der Waals surface area contributed by atoms with Crippen LogP contribution in [0.5, 0.6) is 0 Å². The summed E-state index contributed by atoms with van der Waals surface area (Å²) in [5.74, 6) is -8.02. The van der Waals surface area contributed by atoms with Gasteiger partial charge in [-0.1, -0.05) is 45.9 Å². The molecule has 26 heteroatoms. The highest BCUT2D eigenvalue weighted by molar-refractivity contribution is 7.98. The van der Waals surface area contributed by atoms with Gasteiger partial charge in [-0.2, -0.15) is 11.8 Å². The van der Waals surface area contributed by atoms with Crippen molar-refractivity contribution in [3.05, 3.63) is 54.2 Å². The first-order valence-corrected chi connectivity index (χ1v) is 25.2. The molecule has 0 bridgehead atoms. The summed E-state index contributed by atoms with van der Waals surface area (Å²) in [4.78, 5) is 142. The Morgan fingerprint density at radius 1 is 0.685 bits per heavy atom. The molecule has 0 spiro atoms. The molecule has 0 saturated heterocycles. The van der Waals surface area contributed by atoms with Crippen LogP contribution >= 0.6 is 11.8 Å². The second-order valence-electron chi connectivity index (χ2n) is 18.5. The minimum atomic E-state index is -1.43. The Morgan fingerprint density at radius 2 is 1.29 bits per heavy atom. The number of imidazole rings is 1. The van der Waals surface area contributed by atoms with Crippen LogP contribution in [0.4, 0.5) is 0 Å². The highest BCUT2D eigenvalue weighted by Crippen LogP contribution is 2.20. The molecule has 3 aromatic rings. The van der Waals surface area contributed by atoms with Crippen molar-refractivity contribution in [3.63, 3.8) is 0 Å². The predicted molar refractivity (Wildman–Crippen MR) is 271 cm³/mol. The molecular formula is C47H72N14O11S. The molecule has 0 aliphatic rings. The number of nitrogens with one attached hydrogen (secondary N) is 10. The maximum absolute atomic E-state index is 14.0. The SMILES string of the molecule is CSCC[C@H](NC(=O)[C@H](CC(C)C)NC(=O)[C@H](Cc1cnc[nH]1)NC(=O)CNC(=O)[C@@H](NC(=O)[C@H](C)NC(=O)[C@H](Cc1c[nH]c2ccccc12)NC(=O)[C@H](CCC(N)=O)NC(=O)[C@@H](N)[C@@H](C)O)C(C)C)C(N)=O. The molecule has 0 aliphatic carbocycles. The smallest absolute Gasteiger partial charge is 0.243 e. The van der Waals surface area contributed by atoms with Gasteiger partial charge in [-0.15, -0.1) is 0 Å². The maximum Gasteiger partial charge on any atom is 0.243 e. The van der Waals surface area contributed by atoms with Gasteiger partial charge >= 0.3 is 0 Å². The first-order valence-electron chi connectivity index (χ1n) is 23.8. The van der Waals surface area contributed by atoms with Crippen LogP contribution in [0.3, 0.4) is 0 Å². The summed E-state index contributed by atoms with van der Waals surface area (Å²) in [6.45, 7) is 8.91. The summed E-state index contributed by atoms with van der Waals surface area (Å²) in [6.07, 6.45) is 4.65. The third-order valence-corrected chi connectivity index (χ3v) is 12.2. The molecule has 1 aromatic carbocycles. The van der Waals surface area contributed by atoms with E-state index >= 15 is 0 Å². The van der Waals surface area contributed by atoms with Crippen molar-refractivity contribution in [2.45, 2.75) is 135 Å². The number of hydrogen-bond donors (Lipinski definition) is 14. The zero-order valence-electron chi connectivity index (χ0n) is 42.2. The Balaban J connectivity index is 1.75. The Morgan fingerprint density at radius 3 is 1.89 bits per heavy atom. The van der Waals surface area contributed by atoms with E-state index in [9.17, 15) is 53.1 Å². The molecule has 0 aliphatic heterocycles. The number of benzene rings is 1. The number of nitrogens with two attached hydrogens (primary N) is 3. The van der Waals surface area contributed by atoms with E-state index in [2.05, 4.69) is 57.5 Å². The summed E-state index contributed by atoms with van der Waals surface area (Å²) < 4.78 is 0. The lowest BCUT2D eigenvalue weighted by Crippen LogP contribution is -2.60. The number of aliphatic hydroxyl groups is 1. The first kappa shape index (κ1) is 60.2. The molecule has 3 rings (SSSR count). The number of nitrogens with zero attached hydrogens (tertiary/aromatic N) is 1. The second kappa shape index (κ2) is 29.5. The van der Waals surface area contributed by atoms with Crippen molar-refractivity contribution in [1.29, 1.82) is 0 Å². The number of H-pyrrole nitrogens is 2. The minimum absolute atomic E-state index is 0.0794. The number of primary amides is 2. The lowest BCUT2D eigenvalue weighted by molar-refractivity contribution is -0.135. The molecule has 25 nitrogen and oxygen atoms in total. The van der Waals surface area contributed by atoms with E-state index < -0.39 is 126 Å². The van der Waals surface area contributed by atoms with Crippen LogP contribution in [0.1, 0.15) is 78.5 Å². The summed E-state index contributed by atoms with van der Waals surface area (Å²) in [5.41, 5.74) is 18.4. The predicted octanol–water partition coefficient (Wildman–Crippen LogP) is -2.88. The van der Waals surface area contributed by atoms with Crippen molar-refractivity contribution in [1.82, 2.24) is 57.5 Å². The van der Waals surface area contributed by atoms with Gasteiger partial charge in [0.05, 0.1) is 19.0 Å². The second-order valence-corrected chi connectivity index (χ2v) is 19.5. The van der Waals surface area contributed by atoms with Crippen LogP contribution < -0.4 is 59.7 Å². The topological polar surface area (TPSA) is 410 Å². The van der Waals surface area contributed by atoms with Gasteiger partial charge in [0.15, 0.2) is 0 Å². The number of aromatic amines is 2. The number of aliphatic hydroxyl groups excluding tert-OH is 1. The lowest BCUT2D eigenvalue weighted by atomic mass is 10.0. The third-order valence-electron chi connectivity index (χ3n) is 11.5. The summed E-state index contributed by atoms with van der Waals surface area (Å²) in [7, 11) is 0. The molecule has 10 amide bonds. The number of carbonyl (C=O) groups excluding carboxylic acids is 10. The van der Waals surface area contributed by atoms with Crippen LogP contribution in [0.25, 0.3) is 10.9 Å². The fourth-order valence-electron chi connectivity index (χ4n) is 7.35. The largest absolute Gasteiger partial charge is 0.391 e. The minimum Gasteiger partial charge on any atom is -0.391 e. The molecule has 73 heavy (non-hydrogen) atoms. The van der Waals surface area contributed by atoms with Gasteiger partial charge < -0.3 is 74.8 Å². The average molecular weight is 1040 g/mol. The van der Waals surface area contributed by atoms with Crippen molar-refractivity contribution in [3.8, 4) is 0 Å². The summed E-state index contributed by atoms with van der Waals surface area (Å²) in [6, 6.07) is -2.98. The fraction of sp³-hybridized carbons (Fsp3) is 0.553. The van der Waals surface area contributed by atoms with E-state index in [4.69, 9.17) is 17.2 Å². The Bertz CT molecular complexity index is 2380. The van der Waals surface area contributed by atoms with Gasteiger partial charge in [-0.3, -0.25) is 47.9 Å². The zero-order valence-corrected chi connectivity index (χ0v) is 43.0. The molecule has 17 N–H and O–H groups in total. The van der Waals surface area contributed by atoms with Gasteiger partial charge in [0.25, 0.3) is 0 Å². The van der Waals surface area contributed by atoms with Gasteiger partial charge in [0.2, 0.25) is 59.1 Å². The quantitative estimate of drug-likeness (QED) is 0.0308. The van der Waals surface area contributed by atoms with Gasteiger partial charge in [-0.05, 0) is 68.6 Å². The van der Waals surface area contributed by atoms with Crippen LogP contribution in [0.2, 0.25) is 0 Å². The van der Waals surface area contributed by atoms with E-state index in [1.54, 1.807) is 44.3 Å². The van der Waals surface area contributed by atoms with E-state index in [0.29, 0.717) is 17.0 Å². The number of hydrogen-bond acceptors (Lipinski definition) is 14. The van der Waals surface area contributed by atoms with Gasteiger partial charge in [0, 0.05) is 48.3 Å². The van der Waals surface area contributed by atoms with Crippen molar-refractivity contribution in [2.24, 2.45) is 29.0 Å². The Kier molecular flexibility index (Phi) is 24.3. The summed E-state index contributed by atoms with van der Waals surface area (Å²) in [5, 5.41) is 31.1. The van der Waals surface area contributed by atoms with Crippen LogP contribution in [-0.2, 0) is 60.8 Å². The average Bonchev–Trinajstić information content (AvgIpc) is 4.00. The highest BCUT2D eigenvalue weighted by atomic mass is 32.2. The molecule has 0 unspecified atom stereocenters. The van der Waals surface area contributed by atoms with E-state index in [1.165, 1.54) is 38.1 Å². The lowest BCUT2D eigenvalue weighted by Gasteiger charge is -2.27. The number of rotatable bonds is 31.